The maximum absolute atomic E-state index is 11.1. The Morgan fingerprint density at radius 1 is 1.21 bits per heavy atom. The number of carbonyl (C=O) groups excluding carboxylic acids is 2. The summed E-state index contributed by atoms with van der Waals surface area (Å²) in [5, 5.41) is 0. The normalized spacial score (nSPS) is 11.9. The highest BCUT2D eigenvalue weighted by Gasteiger charge is 2.16. The number of esters is 2. The van der Waals surface area contributed by atoms with Crippen LogP contribution in [0, 0.1) is 0 Å². The third-order valence-corrected chi connectivity index (χ3v) is 1.83. The number of carbonyl (C=O) groups is 2. The molecule has 0 aromatic carbocycles. The third-order valence-electron chi connectivity index (χ3n) is 1.83. The van der Waals surface area contributed by atoms with Gasteiger partial charge in [0.2, 0.25) is 0 Å². The second kappa shape index (κ2) is 7.35. The molecule has 0 N–H and O–H groups in total. The zero-order valence-corrected chi connectivity index (χ0v) is 9.04. The molecule has 4 heteroatoms. The lowest BCUT2D eigenvalue weighted by Crippen LogP contribution is -2.21. The molecule has 0 saturated heterocycles. The first-order valence-corrected chi connectivity index (χ1v) is 4.90. The van der Waals surface area contributed by atoms with E-state index in [0.29, 0.717) is 12.8 Å². The Kier molecular flexibility index (Phi) is 6.80. The largest absolute Gasteiger partial charge is 0.469 e. The van der Waals surface area contributed by atoms with Crippen LogP contribution in [0.3, 0.4) is 0 Å². The van der Waals surface area contributed by atoms with E-state index in [2.05, 4.69) is 4.74 Å². The van der Waals surface area contributed by atoms with Gasteiger partial charge >= 0.3 is 11.9 Å². The zero-order valence-electron chi connectivity index (χ0n) is 9.04. The van der Waals surface area contributed by atoms with Gasteiger partial charge in [-0.15, -0.1) is 0 Å². The molecule has 0 fully saturated rings. The molecule has 1 unspecified atom stereocenters. The molecular formula is C10H18O4. The van der Waals surface area contributed by atoms with Crippen LogP contribution >= 0.6 is 0 Å². The molecule has 0 aromatic rings. The quantitative estimate of drug-likeness (QED) is 0.615. The Bertz CT molecular complexity index is 189. The summed E-state index contributed by atoms with van der Waals surface area (Å²) in [7, 11) is 1.32. The average molecular weight is 202 g/mol. The van der Waals surface area contributed by atoms with Gasteiger partial charge in [0, 0.05) is 6.42 Å². The van der Waals surface area contributed by atoms with Crippen LogP contribution in [0.25, 0.3) is 0 Å². The number of ether oxygens (including phenoxy) is 2. The predicted octanol–water partition coefficient (Wildman–Crippen LogP) is 1.67. The average Bonchev–Trinajstić information content (AvgIpc) is 2.16. The van der Waals surface area contributed by atoms with Crippen molar-refractivity contribution in [3.05, 3.63) is 0 Å². The van der Waals surface area contributed by atoms with Crippen LogP contribution in [0.5, 0.6) is 0 Å². The number of methoxy groups -OCH3 is 1. The van der Waals surface area contributed by atoms with E-state index >= 15 is 0 Å². The summed E-state index contributed by atoms with van der Waals surface area (Å²) in [6, 6.07) is 0. The van der Waals surface area contributed by atoms with Crippen LogP contribution in [0.1, 0.15) is 39.5 Å². The molecule has 0 saturated carbocycles. The lowest BCUT2D eigenvalue weighted by Gasteiger charge is -2.14. The number of hydrogen-bond acceptors (Lipinski definition) is 4. The van der Waals surface area contributed by atoms with E-state index in [1.807, 2.05) is 13.8 Å². The van der Waals surface area contributed by atoms with Crippen molar-refractivity contribution >= 4 is 11.9 Å². The summed E-state index contributed by atoms with van der Waals surface area (Å²) in [6.07, 6.45) is 1.58. The van der Waals surface area contributed by atoms with Gasteiger partial charge in [-0.25, -0.2) is 0 Å². The van der Waals surface area contributed by atoms with E-state index in [-0.39, 0.29) is 24.5 Å². The minimum atomic E-state index is -0.346. The fourth-order valence-corrected chi connectivity index (χ4v) is 0.988. The highest BCUT2D eigenvalue weighted by Crippen LogP contribution is 2.07. The molecular weight excluding hydrogens is 184 g/mol. The summed E-state index contributed by atoms with van der Waals surface area (Å²) in [4.78, 5) is 22.0. The van der Waals surface area contributed by atoms with Crippen molar-refractivity contribution in [2.75, 3.05) is 7.11 Å². The van der Waals surface area contributed by atoms with Gasteiger partial charge in [0.25, 0.3) is 0 Å². The van der Waals surface area contributed by atoms with Crippen LogP contribution in [-0.2, 0) is 19.1 Å². The highest BCUT2D eigenvalue weighted by molar-refractivity contribution is 5.72. The molecule has 0 heterocycles. The lowest BCUT2D eigenvalue weighted by atomic mass is 10.2. The minimum absolute atomic E-state index is 0.141. The van der Waals surface area contributed by atoms with E-state index in [0.717, 1.165) is 6.42 Å². The van der Waals surface area contributed by atoms with Crippen LogP contribution in [0.15, 0.2) is 0 Å². The fourth-order valence-electron chi connectivity index (χ4n) is 0.988. The first-order valence-electron chi connectivity index (χ1n) is 4.90. The van der Waals surface area contributed by atoms with E-state index < -0.39 is 0 Å². The first kappa shape index (κ1) is 12.9. The van der Waals surface area contributed by atoms with Crippen molar-refractivity contribution in [1.82, 2.24) is 0 Å². The second-order valence-corrected chi connectivity index (χ2v) is 3.05. The van der Waals surface area contributed by atoms with Gasteiger partial charge in [-0.3, -0.25) is 9.59 Å². The number of hydrogen-bond donors (Lipinski definition) is 0. The Morgan fingerprint density at radius 3 is 2.29 bits per heavy atom. The SMILES string of the molecule is CCCC(=O)OC(CC)CC(=O)OC. The van der Waals surface area contributed by atoms with Gasteiger partial charge < -0.3 is 9.47 Å². The van der Waals surface area contributed by atoms with Crippen molar-refractivity contribution < 1.29 is 19.1 Å². The van der Waals surface area contributed by atoms with Crippen LogP contribution < -0.4 is 0 Å². The van der Waals surface area contributed by atoms with E-state index in [9.17, 15) is 9.59 Å². The monoisotopic (exact) mass is 202 g/mol. The van der Waals surface area contributed by atoms with Crippen molar-refractivity contribution in [2.24, 2.45) is 0 Å². The van der Waals surface area contributed by atoms with Crippen molar-refractivity contribution in [3.63, 3.8) is 0 Å². The molecule has 0 aliphatic heterocycles. The zero-order chi connectivity index (χ0) is 11.0. The van der Waals surface area contributed by atoms with Gasteiger partial charge in [0.1, 0.15) is 6.10 Å². The molecule has 0 aliphatic carbocycles. The second-order valence-electron chi connectivity index (χ2n) is 3.05. The maximum Gasteiger partial charge on any atom is 0.309 e. The fraction of sp³-hybridized carbons (Fsp3) is 0.800. The molecule has 4 nitrogen and oxygen atoms in total. The molecule has 0 aromatic heterocycles. The Labute approximate surface area is 84.6 Å². The van der Waals surface area contributed by atoms with E-state index in [1.165, 1.54) is 7.11 Å². The van der Waals surface area contributed by atoms with Gasteiger partial charge in [-0.05, 0) is 12.8 Å². The minimum Gasteiger partial charge on any atom is -0.469 e. The molecule has 0 bridgehead atoms. The summed E-state index contributed by atoms with van der Waals surface area (Å²) in [5.41, 5.74) is 0. The molecule has 0 amide bonds. The van der Waals surface area contributed by atoms with Crippen LogP contribution in [-0.4, -0.2) is 25.2 Å². The predicted molar refractivity (Wildman–Crippen MR) is 51.7 cm³/mol. The summed E-state index contributed by atoms with van der Waals surface area (Å²) in [5.74, 6) is -0.593. The number of rotatable bonds is 6. The highest BCUT2D eigenvalue weighted by atomic mass is 16.6. The van der Waals surface area contributed by atoms with Gasteiger partial charge in [0.05, 0.1) is 13.5 Å². The molecule has 0 rings (SSSR count). The maximum atomic E-state index is 11.1. The van der Waals surface area contributed by atoms with Gasteiger partial charge in [-0.1, -0.05) is 13.8 Å². The first-order chi connectivity index (χ1) is 6.63. The Morgan fingerprint density at radius 2 is 1.86 bits per heavy atom. The molecule has 0 radical (unpaired) electrons. The van der Waals surface area contributed by atoms with Crippen LogP contribution in [0.4, 0.5) is 0 Å². The molecule has 1 atom stereocenters. The summed E-state index contributed by atoms with van der Waals surface area (Å²) in [6.45, 7) is 3.77. The van der Waals surface area contributed by atoms with Crippen molar-refractivity contribution in [3.8, 4) is 0 Å². The molecule has 0 spiro atoms. The van der Waals surface area contributed by atoms with Gasteiger partial charge in [-0.2, -0.15) is 0 Å². The molecule has 82 valence electrons. The Balaban J connectivity index is 3.89. The Hall–Kier alpha value is -1.06. The van der Waals surface area contributed by atoms with Gasteiger partial charge in [0.15, 0.2) is 0 Å². The molecule has 14 heavy (non-hydrogen) atoms. The lowest BCUT2D eigenvalue weighted by molar-refractivity contribution is -0.154. The third kappa shape index (κ3) is 5.56. The van der Waals surface area contributed by atoms with Crippen molar-refractivity contribution in [2.45, 2.75) is 45.6 Å². The van der Waals surface area contributed by atoms with Crippen molar-refractivity contribution in [1.29, 1.82) is 0 Å². The van der Waals surface area contributed by atoms with E-state index in [1.54, 1.807) is 0 Å². The smallest absolute Gasteiger partial charge is 0.309 e. The van der Waals surface area contributed by atoms with Crippen LogP contribution in [0.2, 0.25) is 0 Å². The van der Waals surface area contributed by atoms with E-state index in [4.69, 9.17) is 4.74 Å². The summed E-state index contributed by atoms with van der Waals surface area (Å²) < 4.78 is 9.57. The standard InChI is InChI=1S/C10H18O4/c1-4-6-9(11)14-8(5-2)7-10(12)13-3/h8H,4-7H2,1-3H3. The molecule has 0 aliphatic rings. The topological polar surface area (TPSA) is 52.6 Å². The summed E-state index contributed by atoms with van der Waals surface area (Å²) >= 11 is 0.